The molecule has 0 radical (unpaired) electrons. The number of halogens is 1. The molecule has 300 valence electrons. The average molecular weight is 789 g/mol. The summed E-state index contributed by atoms with van der Waals surface area (Å²) >= 11 is 0. The van der Waals surface area contributed by atoms with Crippen molar-refractivity contribution in [3.63, 3.8) is 0 Å². The zero-order valence-corrected chi connectivity index (χ0v) is 35.3. The van der Waals surface area contributed by atoms with Crippen molar-refractivity contribution in [2.45, 2.75) is 129 Å². The Kier molecular flexibility index (Phi) is 16.6. The third-order valence-corrected chi connectivity index (χ3v) is 15.1. The van der Waals surface area contributed by atoms with Crippen LogP contribution in [0.4, 0.5) is 14.9 Å². The highest BCUT2D eigenvalue weighted by atomic mass is 32.2. The van der Waals surface area contributed by atoms with Crippen LogP contribution < -0.4 is 5.32 Å². The van der Waals surface area contributed by atoms with Crippen LogP contribution in [-0.2, 0) is 24.4 Å². The van der Waals surface area contributed by atoms with Crippen LogP contribution >= 0.6 is 0 Å². The Labute approximate surface area is 326 Å². The average Bonchev–Trinajstić information content (AvgIpc) is 3.07. The molecule has 0 atom stereocenters. The van der Waals surface area contributed by atoms with E-state index in [0.29, 0.717) is 40.2 Å². The molecule has 1 N–H and O–H groups in total. The molecule has 0 saturated heterocycles. The Balaban J connectivity index is 0.000000457. The van der Waals surface area contributed by atoms with E-state index in [2.05, 4.69) is 33.0 Å². The van der Waals surface area contributed by atoms with E-state index in [1.54, 1.807) is 60.0 Å². The Morgan fingerprint density at radius 3 is 1.78 bits per heavy atom. The third kappa shape index (κ3) is 15.0. The highest BCUT2D eigenvalue weighted by molar-refractivity contribution is 7.93. The van der Waals surface area contributed by atoms with E-state index in [1.807, 2.05) is 39.0 Å². The zero-order chi connectivity index (χ0) is 41.7. The Bertz CT molecular complexity index is 1850. The van der Waals surface area contributed by atoms with Crippen LogP contribution in [0, 0.1) is 47.9 Å². The topological polar surface area (TPSA) is 132 Å². The van der Waals surface area contributed by atoms with Crippen molar-refractivity contribution in [3.05, 3.63) is 42.2 Å². The first-order chi connectivity index (χ1) is 25.4. The molecule has 2 fully saturated rings. The number of ether oxygens (including phenoxy) is 1. The third-order valence-electron chi connectivity index (χ3n) is 9.58. The van der Waals surface area contributed by atoms with Gasteiger partial charge in [0.1, 0.15) is 5.60 Å². The number of sulfone groups is 2. The lowest BCUT2D eigenvalue weighted by atomic mass is 9.83. The number of terminal acetylenes is 1. The van der Waals surface area contributed by atoms with Crippen LogP contribution in [0.3, 0.4) is 0 Å². The first kappa shape index (κ1) is 44.9. The maximum atomic E-state index is 12.6. The smallest absolute Gasteiger partial charge is 0.412 e. The number of amides is 1. The van der Waals surface area contributed by atoms with E-state index in [-0.39, 0.29) is 17.6 Å². The van der Waals surface area contributed by atoms with Crippen molar-refractivity contribution in [1.82, 2.24) is 9.97 Å². The molecule has 2 heterocycles. The number of aromatic nitrogens is 2. The van der Waals surface area contributed by atoms with Crippen LogP contribution in [0.25, 0.3) is 11.4 Å². The molecule has 12 heteroatoms. The van der Waals surface area contributed by atoms with Gasteiger partial charge < -0.3 is 4.74 Å². The van der Waals surface area contributed by atoms with Gasteiger partial charge in [-0.3, -0.25) is 19.7 Å². The monoisotopic (exact) mass is 788 g/mol. The van der Waals surface area contributed by atoms with Crippen LogP contribution in [-0.4, -0.2) is 66.7 Å². The summed E-state index contributed by atoms with van der Waals surface area (Å²) in [4.78, 5) is 21.3. The van der Waals surface area contributed by atoms with Crippen molar-refractivity contribution in [2.75, 3.05) is 24.0 Å². The molecule has 2 aliphatic rings. The van der Waals surface area contributed by atoms with E-state index < -0.39 is 48.0 Å². The number of anilines is 1. The SMILES string of the molecule is C#CC1CCC(CS(=O)(=O)C(C)(C)C)CC1.CC(C)(C)OC(=O)Nc1cc(-c2ccccn2)ncc1C#CC1CCC(CS(=O)(=O)C(C)(C)C)CC1.[2H]CF. The lowest BCUT2D eigenvalue weighted by Crippen LogP contribution is -2.34. The number of nitrogens with zero attached hydrogens (tertiary/aromatic N) is 2. The van der Waals surface area contributed by atoms with Gasteiger partial charge in [-0.2, -0.15) is 0 Å². The highest BCUT2D eigenvalue weighted by Gasteiger charge is 2.34. The second-order valence-electron chi connectivity index (χ2n) is 17.1. The molecule has 9 nitrogen and oxygen atoms in total. The summed E-state index contributed by atoms with van der Waals surface area (Å²) < 4.78 is 68.8. The van der Waals surface area contributed by atoms with Gasteiger partial charge in [0.25, 0.3) is 0 Å². The van der Waals surface area contributed by atoms with Gasteiger partial charge in [-0.15, -0.1) is 12.3 Å². The van der Waals surface area contributed by atoms with Gasteiger partial charge in [0.15, 0.2) is 19.7 Å². The number of nitrogens with one attached hydrogen (secondary N) is 1. The maximum Gasteiger partial charge on any atom is 0.412 e. The standard InChI is InChI=1S/C28H37N3O4S.C13H22O2S.CH3F/c1-27(2,3)35-26(32)31-24-17-25(23-9-7-8-16-29-23)30-18-22(24)15-14-20-10-12-21(13-11-20)19-36(33,34)28(4,5)6;1-5-11-6-8-12(9-7-11)10-16(14,15)13(2,3)4;1-2/h7-9,16-18,20-21H,10-13,19H2,1-6H3,(H,30,31,32);1,11-12H,6-10H2,2-4H3;1H3/i;;1D. The summed E-state index contributed by atoms with van der Waals surface area (Å²) in [5.74, 6) is 10.9. The molecule has 2 aromatic heterocycles. The van der Waals surface area contributed by atoms with Gasteiger partial charge in [-0.1, -0.05) is 17.9 Å². The fraction of sp³-hybridized carbons (Fsp3) is 0.643. The molecule has 2 saturated carbocycles. The number of rotatable bonds is 6. The molecule has 2 aromatic rings. The fourth-order valence-electron chi connectivity index (χ4n) is 6.00. The maximum absolute atomic E-state index is 12.6. The van der Waals surface area contributed by atoms with Crippen molar-refractivity contribution < 1.29 is 32.1 Å². The molecule has 4 rings (SSSR count). The van der Waals surface area contributed by atoms with Gasteiger partial charge >= 0.3 is 6.09 Å². The molecule has 54 heavy (non-hydrogen) atoms. The largest absolute Gasteiger partial charge is 0.444 e. The van der Waals surface area contributed by atoms with Crippen molar-refractivity contribution in [1.29, 1.82) is 0 Å². The minimum Gasteiger partial charge on any atom is -0.444 e. The number of alkyl halides is 1. The molecular weight excluding hydrogens is 726 g/mol. The lowest BCUT2D eigenvalue weighted by molar-refractivity contribution is 0.0636. The van der Waals surface area contributed by atoms with Crippen LogP contribution in [0.1, 0.15) is 121 Å². The van der Waals surface area contributed by atoms with E-state index in [1.165, 1.54) is 0 Å². The number of pyridine rings is 2. The van der Waals surface area contributed by atoms with Crippen LogP contribution in [0.5, 0.6) is 0 Å². The van der Waals surface area contributed by atoms with Crippen LogP contribution in [0.2, 0.25) is 0 Å². The summed E-state index contributed by atoms with van der Waals surface area (Å²) in [5.41, 5.74) is 1.78. The molecule has 0 bridgehead atoms. The second kappa shape index (κ2) is 19.9. The minimum absolute atomic E-state index is 0.170. The fourth-order valence-corrected chi connectivity index (χ4v) is 8.90. The summed E-state index contributed by atoms with van der Waals surface area (Å²) in [5, 5.41) is 2.81. The Morgan fingerprint density at radius 2 is 1.35 bits per heavy atom. The summed E-state index contributed by atoms with van der Waals surface area (Å²) in [6.07, 6.45) is 15.4. The molecule has 0 unspecified atom stereocenters. The Morgan fingerprint density at radius 1 is 0.852 bits per heavy atom. The number of carbonyl (C=O) groups is 1. The molecular formula is C42H62FN3O6S2. The minimum atomic E-state index is -3.13. The predicted molar refractivity (Wildman–Crippen MR) is 218 cm³/mol. The lowest BCUT2D eigenvalue weighted by Gasteiger charge is -2.28. The summed E-state index contributed by atoms with van der Waals surface area (Å²) in [7, 11) is -7.10. The molecule has 2 aliphatic carbocycles. The van der Waals surface area contributed by atoms with E-state index >= 15 is 0 Å². The van der Waals surface area contributed by atoms with Gasteiger partial charge in [0.2, 0.25) is 0 Å². The van der Waals surface area contributed by atoms with Crippen molar-refractivity contribution >= 4 is 31.5 Å². The van der Waals surface area contributed by atoms with E-state index in [0.717, 1.165) is 51.4 Å². The number of hydrogen-bond acceptors (Lipinski definition) is 8. The van der Waals surface area contributed by atoms with Gasteiger partial charge in [-0.25, -0.2) is 21.6 Å². The van der Waals surface area contributed by atoms with E-state index in [4.69, 9.17) is 12.5 Å². The number of hydrogen-bond donors (Lipinski definition) is 1. The summed E-state index contributed by atoms with van der Waals surface area (Å²) in [6.45, 7) is 16.0. The van der Waals surface area contributed by atoms with Gasteiger partial charge in [-0.05, 0) is 144 Å². The molecule has 0 spiro atoms. The van der Waals surface area contributed by atoms with Crippen molar-refractivity contribution in [3.8, 4) is 35.6 Å². The zero-order valence-electron chi connectivity index (χ0n) is 34.7. The van der Waals surface area contributed by atoms with E-state index in [9.17, 15) is 26.0 Å². The number of carbonyl (C=O) groups excluding carboxylic acids is 1. The highest BCUT2D eigenvalue weighted by Crippen LogP contribution is 2.33. The van der Waals surface area contributed by atoms with Gasteiger partial charge in [0.05, 0.1) is 52.2 Å². The van der Waals surface area contributed by atoms with Crippen LogP contribution in [0.15, 0.2) is 36.7 Å². The van der Waals surface area contributed by atoms with Gasteiger partial charge in [0, 0.05) is 24.2 Å². The molecule has 0 aromatic carbocycles. The molecule has 0 aliphatic heterocycles. The second-order valence-corrected chi connectivity index (χ2v) is 22.7. The first-order valence-electron chi connectivity index (χ1n) is 19.3. The van der Waals surface area contributed by atoms with Crippen molar-refractivity contribution in [2.24, 2.45) is 23.7 Å². The quantitative estimate of drug-likeness (QED) is 0.287. The normalized spacial score (nSPS) is 20.9. The first-order valence-corrected chi connectivity index (χ1v) is 21.9. The predicted octanol–water partition coefficient (Wildman–Crippen LogP) is 9.09. The summed E-state index contributed by atoms with van der Waals surface area (Å²) in [6, 6.07) is 7.31. The Hall–Kier alpha value is -3.48. The molecule has 1 amide bonds.